The van der Waals surface area contributed by atoms with Gasteiger partial charge in [-0.05, 0) is 37.0 Å². The van der Waals surface area contributed by atoms with Gasteiger partial charge < -0.3 is 34.8 Å². The van der Waals surface area contributed by atoms with Gasteiger partial charge in [-0.25, -0.2) is 0 Å². The third kappa shape index (κ3) is 14.8. The topological polar surface area (TPSA) is 135 Å². The average Bonchev–Trinajstić information content (AvgIpc) is 2.86. The SMILES string of the molecule is C#Cc1ccc(CC(=O)NCC(O)C[C@H](OCOCCCCCCOC)C(CO)CCC(=O)O)cc1. The maximum absolute atomic E-state index is 12.3. The third-order valence-electron chi connectivity index (χ3n) is 5.77. The number of unbranched alkanes of at least 4 members (excludes halogenated alkanes) is 3. The molecule has 0 spiro atoms. The number of carbonyl (C=O) groups is 2. The zero-order valence-electron chi connectivity index (χ0n) is 21.2. The smallest absolute Gasteiger partial charge is 0.303 e. The number of aliphatic hydroxyl groups is 2. The molecule has 0 saturated carbocycles. The zero-order chi connectivity index (χ0) is 26.6. The Morgan fingerprint density at radius 3 is 2.42 bits per heavy atom. The number of carboxylic acids is 1. The zero-order valence-corrected chi connectivity index (χ0v) is 21.2. The van der Waals surface area contributed by atoms with E-state index >= 15 is 0 Å². The predicted octanol–water partition coefficient (Wildman–Crippen LogP) is 2.12. The number of carboxylic acid groups (broad SMARTS) is 1. The highest BCUT2D eigenvalue weighted by Crippen LogP contribution is 2.19. The van der Waals surface area contributed by atoms with Crippen LogP contribution in [0.1, 0.15) is 56.1 Å². The summed E-state index contributed by atoms with van der Waals surface area (Å²) in [5.41, 5.74) is 1.53. The normalized spacial score (nSPS) is 13.5. The lowest BCUT2D eigenvalue weighted by molar-refractivity contribution is -0.140. The van der Waals surface area contributed by atoms with Crippen LogP contribution in [0.15, 0.2) is 24.3 Å². The van der Waals surface area contributed by atoms with E-state index in [2.05, 4.69) is 11.2 Å². The number of hydrogen-bond donors (Lipinski definition) is 4. The number of benzene rings is 1. The van der Waals surface area contributed by atoms with Gasteiger partial charge in [0.1, 0.15) is 6.79 Å². The fraction of sp³-hybridized carbons (Fsp3) is 0.630. The monoisotopic (exact) mass is 507 g/mol. The summed E-state index contributed by atoms with van der Waals surface area (Å²) in [7, 11) is 1.68. The van der Waals surface area contributed by atoms with Crippen LogP contribution in [-0.4, -0.2) is 79.7 Å². The molecule has 0 bridgehead atoms. The molecule has 2 unspecified atom stereocenters. The molecule has 0 aliphatic heterocycles. The summed E-state index contributed by atoms with van der Waals surface area (Å²) >= 11 is 0. The number of carbonyl (C=O) groups excluding carboxylic acids is 1. The molecule has 3 atom stereocenters. The van der Waals surface area contributed by atoms with Crippen LogP contribution in [0, 0.1) is 18.3 Å². The van der Waals surface area contributed by atoms with Crippen molar-refractivity contribution in [3.63, 3.8) is 0 Å². The Labute approximate surface area is 214 Å². The largest absolute Gasteiger partial charge is 0.481 e. The Balaban J connectivity index is 2.49. The average molecular weight is 508 g/mol. The number of aliphatic hydroxyl groups excluding tert-OH is 2. The predicted molar refractivity (Wildman–Crippen MR) is 135 cm³/mol. The second-order valence-electron chi connectivity index (χ2n) is 8.72. The lowest BCUT2D eigenvalue weighted by Crippen LogP contribution is -2.38. The van der Waals surface area contributed by atoms with Crippen molar-refractivity contribution < 1.29 is 39.1 Å². The van der Waals surface area contributed by atoms with Crippen molar-refractivity contribution in [2.45, 2.75) is 63.6 Å². The molecule has 0 aromatic heterocycles. The first-order chi connectivity index (χ1) is 17.4. The molecule has 9 nitrogen and oxygen atoms in total. The summed E-state index contributed by atoms with van der Waals surface area (Å²) in [6.45, 7) is 0.941. The van der Waals surface area contributed by atoms with Crippen molar-refractivity contribution in [3.05, 3.63) is 35.4 Å². The number of ether oxygens (including phenoxy) is 3. The van der Waals surface area contributed by atoms with Crippen molar-refractivity contribution in [1.29, 1.82) is 0 Å². The van der Waals surface area contributed by atoms with Gasteiger partial charge in [0.2, 0.25) is 5.91 Å². The second-order valence-corrected chi connectivity index (χ2v) is 8.72. The van der Waals surface area contributed by atoms with E-state index in [-0.39, 0.29) is 51.5 Å². The van der Waals surface area contributed by atoms with E-state index in [0.29, 0.717) is 6.61 Å². The van der Waals surface area contributed by atoms with E-state index in [1.54, 1.807) is 31.4 Å². The molecule has 0 aliphatic carbocycles. The van der Waals surface area contributed by atoms with Crippen LogP contribution in [-0.2, 0) is 30.2 Å². The van der Waals surface area contributed by atoms with E-state index in [1.165, 1.54) is 0 Å². The maximum atomic E-state index is 12.3. The minimum absolute atomic E-state index is 0.000539. The number of nitrogens with one attached hydrogen (secondary N) is 1. The van der Waals surface area contributed by atoms with Gasteiger partial charge in [0, 0.05) is 57.8 Å². The Hall–Kier alpha value is -2.48. The quantitative estimate of drug-likeness (QED) is 0.113. The molecule has 0 heterocycles. The Morgan fingerprint density at radius 1 is 1.11 bits per heavy atom. The number of methoxy groups -OCH3 is 1. The van der Waals surface area contributed by atoms with E-state index in [0.717, 1.165) is 43.4 Å². The Kier molecular flexibility index (Phi) is 17.2. The summed E-state index contributed by atoms with van der Waals surface area (Å²) in [5.74, 6) is 0.808. The number of hydrogen-bond acceptors (Lipinski definition) is 7. The van der Waals surface area contributed by atoms with E-state index < -0.39 is 24.1 Å². The van der Waals surface area contributed by atoms with Gasteiger partial charge in [-0.15, -0.1) is 6.42 Å². The molecule has 0 aliphatic rings. The minimum Gasteiger partial charge on any atom is -0.481 e. The molecule has 36 heavy (non-hydrogen) atoms. The fourth-order valence-corrected chi connectivity index (χ4v) is 3.65. The molecule has 1 aromatic carbocycles. The van der Waals surface area contributed by atoms with Gasteiger partial charge in [-0.2, -0.15) is 0 Å². The van der Waals surface area contributed by atoms with Gasteiger partial charge in [0.15, 0.2) is 0 Å². The van der Waals surface area contributed by atoms with Crippen LogP contribution >= 0.6 is 0 Å². The number of terminal acetylenes is 1. The van der Waals surface area contributed by atoms with Crippen LogP contribution in [0.3, 0.4) is 0 Å². The first kappa shape index (κ1) is 31.5. The van der Waals surface area contributed by atoms with Crippen molar-refractivity contribution in [2.75, 3.05) is 40.3 Å². The van der Waals surface area contributed by atoms with Crippen LogP contribution in [0.4, 0.5) is 0 Å². The minimum atomic E-state index is -0.972. The summed E-state index contributed by atoms with van der Waals surface area (Å²) in [6, 6.07) is 7.08. The molecule has 9 heteroatoms. The summed E-state index contributed by atoms with van der Waals surface area (Å²) in [6.07, 6.45) is 8.04. The van der Waals surface area contributed by atoms with Crippen molar-refractivity contribution in [3.8, 4) is 12.3 Å². The highest BCUT2D eigenvalue weighted by Gasteiger charge is 2.26. The Bertz CT molecular complexity index is 777. The summed E-state index contributed by atoms with van der Waals surface area (Å²) < 4.78 is 16.3. The standard InChI is InChI=1S/C27H41NO8/c1-3-21-8-10-22(11-9-21)16-26(31)28-18-24(30)17-25(23(19-29)12-13-27(32)33)36-20-35-15-7-5-4-6-14-34-2/h1,8-11,23-25,29-30H,4-7,12-20H2,2H3,(H,28,31)(H,32,33)/t23?,24?,25-/m0/s1. The van der Waals surface area contributed by atoms with Crippen molar-refractivity contribution >= 4 is 11.9 Å². The molecule has 4 N–H and O–H groups in total. The van der Waals surface area contributed by atoms with Gasteiger partial charge in [0.05, 0.1) is 18.6 Å². The van der Waals surface area contributed by atoms with E-state index in [1.807, 2.05) is 0 Å². The summed E-state index contributed by atoms with van der Waals surface area (Å²) in [5, 5.41) is 32.0. The number of rotatable bonds is 21. The first-order valence-corrected chi connectivity index (χ1v) is 12.4. The van der Waals surface area contributed by atoms with Gasteiger partial charge >= 0.3 is 5.97 Å². The van der Waals surface area contributed by atoms with Crippen LogP contribution in [0.5, 0.6) is 0 Å². The molecule has 0 radical (unpaired) electrons. The lowest BCUT2D eigenvalue weighted by Gasteiger charge is -2.27. The lowest BCUT2D eigenvalue weighted by atomic mass is 9.93. The van der Waals surface area contributed by atoms with Gasteiger partial charge in [-0.1, -0.05) is 30.9 Å². The van der Waals surface area contributed by atoms with Gasteiger partial charge in [0.25, 0.3) is 0 Å². The molecule has 1 amide bonds. The van der Waals surface area contributed by atoms with Crippen LogP contribution in [0.2, 0.25) is 0 Å². The van der Waals surface area contributed by atoms with E-state index in [9.17, 15) is 19.8 Å². The molecule has 1 aromatic rings. The molecule has 0 saturated heterocycles. The van der Waals surface area contributed by atoms with Crippen LogP contribution < -0.4 is 5.32 Å². The third-order valence-corrected chi connectivity index (χ3v) is 5.77. The summed E-state index contributed by atoms with van der Waals surface area (Å²) in [4.78, 5) is 23.2. The van der Waals surface area contributed by atoms with Crippen molar-refractivity contribution in [1.82, 2.24) is 5.32 Å². The maximum Gasteiger partial charge on any atom is 0.303 e. The van der Waals surface area contributed by atoms with E-state index in [4.69, 9.17) is 25.7 Å². The van der Waals surface area contributed by atoms with Gasteiger partial charge in [-0.3, -0.25) is 9.59 Å². The molecular weight excluding hydrogens is 466 g/mol. The number of amides is 1. The molecule has 1 rings (SSSR count). The fourth-order valence-electron chi connectivity index (χ4n) is 3.65. The van der Waals surface area contributed by atoms with Crippen molar-refractivity contribution in [2.24, 2.45) is 5.92 Å². The molecule has 202 valence electrons. The molecular formula is C27H41NO8. The Morgan fingerprint density at radius 2 is 1.81 bits per heavy atom. The van der Waals surface area contributed by atoms with Crippen LogP contribution in [0.25, 0.3) is 0 Å². The first-order valence-electron chi connectivity index (χ1n) is 12.4. The highest BCUT2D eigenvalue weighted by molar-refractivity contribution is 5.78. The number of aliphatic carboxylic acids is 1. The highest BCUT2D eigenvalue weighted by atomic mass is 16.7. The molecule has 0 fully saturated rings. The second kappa shape index (κ2) is 19.7.